The van der Waals surface area contributed by atoms with Crippen LogP contribution in [0, 0.1) is 5.41 Å². The van der Waals surface area contributed by atoms with Gasteiger partial charge in [0.05, 0.1) is 12.0 Å². The molecule has 1 aliphatic heterocycles. The summed E-state index contributed by atoms with van der Waals surface area (Å²) in [6, 6.07) is 0.364. The standard InChI is InChI=1S/C13H24N2O2/c1-14-8-4-11(5-9-14)15(2)12(17)13(10-16)6-3-7-13/h11,16H,3-10H2,1-2H3. The molecule has 0 aromatic rings. The first-order chi connectivity index (χ1) is 8.09. The van der Waals surface area contributed by atoms with E-state index in [4.69, 9.17) is 0 Å². The summed E-state index contributed by atoms with van der Waals surface area (Å²) in [5.41, 5.74) is -0.432. The Hall–Kier alpha value is -0.610. The maximum absolute atomic E-state index is 12.4. The molecule has 2 rings (SSSR count). The molecule has 1 amide bonds. The summed E-state index contributed by atoms with van der Waals surface area (Å²) in [5.74, 6) is 0.167. The predicted molar refractivity (Wildman–Crippen MR) is 66.7 cm³/mol. The summed E-state index contributed by atoms with van der Waals surface area (Å²) >= 11 is 0. The molecule has 4 heteroatoms. The van der Waals surface area contributed by atoms with E-state index in [0.717, 1.165) is 45.2 Å². The summed E-state index contributed by atoms with van der Waals surface area (Å²) in [6.07, 6.45) is 4.91. The van der Waals surface area contributed by atoms with Crippen molar-refractivity contribution in [3.8, 4) is 0 Å². The molecule has 0 unspecified atom stereocenters. The van der Waals surface area contributed by atoms with Crippen LogP contribution in [0.2, 0.25) is 0 Å². The van der Waals surface area contributed by atoms with Crippen molar-refractivity contribution in [3.63, 3.8) is 0 Å². The molecule has 4 nitrogen and oxygen atoms in total. The molecular formula is C13H24N2O2. The van der Waals surface area contributed by atoms with Gasteiger partial charge >= 0.3 is 0 Å². The Bertz CT molecular complexity index is 276. The van der Waals surface area contributed by atoms with E-state index in [1.807, 2.05) is 11.9 Å². The average Bonchev–Trinajstić information content (AvgIpc) is 2.28. The first-order valence-electron chi connectivity index (χ1n) is 6.66. The summed E-state index contributed by atoms with van der Waals surface area (Å²) in [4.78, 5) is 16.6. The molecule has 0 radical (unpaired) electrons. The third-order valence-corrected chi connectivity index (χ3v) is 4.62. The smallest absolute Gasteiger partial charge is 0.231 e. The second-order valence-electron chi connectivity index (χ2n) is 5.74. The van der Waals surface area contributed by atoms with Crippen LogP contribution in [0.4, 0.5) is 0 Å². The van der Waals surface area contributed by atoms with Crippen LogP contribution in [0.25, 0.3) is 0 Å². The average molecular weight is 240 g/mol. The van der Waals surface area contributed by atoms with Gasteiger partial charge in [-0.3, -0.25) is 4.79 Å². The minimum atomic E-state index is -0.432. The predicted octanol–water partition coefficient (Wildman–Crippen LogP) is 0.702. The zero-order valence-electron chi connectivity index (χ0n) is 11.0. The number of likely N-dealkylation sites (tertiary alicyclic amines) is 1. The molecule has 2 fully saturated rings. The fraction of sp³-hybridized carbons (Fsp3) is 0.923. The van der Waals surface area contributed by atoms with Crippen molar-refractivity contribution in [1.82, 2.24) is 9.80 Å². The number of rotatable bonds is 3. The van der Waals surface area contributed by atoms with Crippen LogP contribution >= 0.6 is 0 Å². The molecular weight excluding hydrogens is 216 g/mol. The van der Waals surface area contributed by atoms with Gasteiger partial charge in [-0.2, -0.15) is 0 Å². The summed E-state index contributed by atoms with van der Waals surface area (Å²) in [6.45, 7) is 2.14. The monoisotopic (exact) mass is 240 g/mol. The summed E-state index contributed by atoms with van der Waals surface area (Å²) in [5, 5.41) is 9.44. The molecule has 17 heavy (non-hydrogen) atoms. The first kappa shape index (κ1) is 12.8. The van der Waals surface area contributed by atoms with Crippen molar-refractivity contribution in [2.75, 3.05) is 33.8 Å². The molecule has 0 aromatic carbocycles. The number of carbonyl (C=O) groups excluding carboxylic acids is 1. The van der Waals surface area contributed by atoms with Gasteiger partial charge in [0.2, 0.25) is 5.91 Å². The van der Waals surface area contributed by atoms with Gasteiger partial charge in [-0.25, -0.2) is 0 Å². The van der Waals surface area contributed by atoms with Gasteiger partial charge in [-0.15, -0.1) is 0 Å². The summed E-state index contributed by atoms with van der Waals surface area (Å²) < 4.78 is 0. The van der Waals surface area contributed by atoms with E-state index in [1.165, 1.54) is 0 Å². The lowest BCUT2D eigenvalue weighted by molar-refractivity contribution is -0.152. The highest BCUT2D eigenvalue weighted by Crippen LogP contribution is 2.42. The molecule has 0 aromatic heterocycles. The third-order valence-electron chi connectivity index (χ3n) is 4.62. The van der Waals surface area contributed by atoms with Crippen molar-refractivity contribution in [3.05, 3.63) is 0 Å². The Morgan fingerprint density at radius 1 is 1.41 bits per heavy atom. The Labute approximate surface area is 104 Å². The van der Waals surface area contributed by atoms with Crippen molar-refractivity contribution in [2.24, 2.45) is 5.41 Å². The number of hydrogen-bond acceptors (Lipinski definition) is 3. The summed E-state index contributed by atoms with van der Waals surface area (Å²) in [7, 11) is 4.03. The van der Waals surface area contributed by atoms with Crippen LogP contribution in [-0.2, 0) is 4.79 Å². The fourth-order valence-electron chi connectivity index (χ4n) is 2.97. The normalized spacial score (nSPS) is 25.4. The van der Waals surface area contributed by atoms with Gasteiger partial charge in [0.1, 0.15) is 0 Å². The first-order valence-corrected chi connectivity index (χ1v) is 6.66. The highest BCUT2D eigenvalue weighted by molar-refractivity contribution is 5.83. The molecule has 1 saturated heterocycles. The van der Waals surface area contributed by atoms with Crippen molar-refractivity contribution < 1.29 is 9.90 Å². The largest absolute Gasteiger partial charge is 0.395 e. The molecule has 1 heterocycles. The van der Waals surface area contributed by atoms with Crippen molar-refractivity contribution >= 4 is 5.91 Å². The van der Waals surface area contributed by atoms with Gasteiger partial charge in [-0.1, -0.05) is 6.42 Å². The highest BCUT2D eigenvalue weighted by Gasteiger charge is 2.46. The molecule has 1 saturated carbocycles. The van der Waals surface area contributed by atoms with E-state index in [0.29, 0.717) is 6.04 Å². The zero-order valence-corrected chi connectivity index (χ0v) is 11.0. The van der Waals surface area contributed by atoms with Crippen LogP contribution in [0.5, 0.6) is 0 Å². The Balaban J connectivity index is 1.95. The van der Waals surface area contributed by atoms with E-state index < -0.39 is 5.41 Å². The number of piperidine rings is 1. The van der Waals surface area contributed by atoms with E-state index in [1.54, 1.807) is 0 Å². The molecule has 2 aliphatic rings. The molecule has 0 spiro atoms. The SMILES string of the molecule is CN1CCC(N(C)C(=O)C2(CO)CCC2)CC1. The number of aliphatic hydroxyl groups is 1. The van der Waals surface area contributed by atoms with Crippen LogP contribution in [0.3, 0.4) is 0 Å². The van der Waals surface area contributed by atoms with E-state index in [9.17, 15) is 9.90 Å². The van der Waals surface area contributed by atoms with Crippen molar-refractivity contribution in [1.29, 1.82) is 0 Å². The van der Waals surface area contributed by atoms with Crippen molar-refractivity contribution in [2.45, 2.75) is 38.1 Å². The quantitative estimate of drug-likeness (QED) is 0.790. The highest BCUT2D eigenvalue weighted by atomic mass is 16.3. The number of carbonyl (C=O) groups is 1. The number of amides is 1. The molecule has 1 N–H and O–H groups in total. The van der Waals surface area contributed by atoms with Gasteiger partial charge in [-0.05, 0) is 45.8 Å². The fourth-order valence-corrected chi connectivity index (χ4v) is 2.97. The Kier molecular flexibility index (Phi) is 3.73. The molecule has 0 bridgehead atoms. The minimum Gasteiger partial charge on any atom is -0.395 e. The topological polar surface area (TPSA) is 43.8 Å². The maximum atomic E-state index is 12.4. The van der Waals surface area contributed by atoms with Crippen LogP contribution in [0.15, 0.2) is 0 Å². The maximum Gasteiger partial charge on any atom is 0.231 e. The lowest BCUT2D eigenvalue weighted by atomic mass is 9.68. The minimum absolute atomic E-state index is 0.0167. The van der Waals surface area contributed by atoms with Crippen LogP contribution < -0.4 is 0 Å². The number of aliphatic hydroxyl groups excluding tert-OH is 1. The van der Waals surface area contributed by atoms with Gasteiger partial charge in [0.15, 0.2) is 0 Å². The zero-order chi connectivity index (χ0) is 12.5. The second-order valence-corrected chi connectivity index (χ2v) is 5.74. The number of hydrogen-bond donors (Lipinski definition) is 1. The van der Waals surface area contributed by atoms with Gasteiger partial charge in [0.25, 0.3) is 0 Å². The Morgan fingerprint density at radius 2 is 2.00 bits per heavy atom. The second kappa shape index (κ2) is 4.94. The van der Waals surface area contributed by atoms with E-state index in [-0.39, 0.29) is 12.5 Å². The van der Waals surface area contributed by atoms with E-state index >= 15 is 0 Å². The van der Waals surface area contributed by atoms with Gasteiger partial charge < -0.3 is 14.9 Å². The Morgan fingerprint density at radius 3 is 2.41 bits per heavy atom. The molecule has 98 valence electrons. The molecule has 1 aliphatic carbocycles. The van der Waals surface area contributed by atoms with E-state index in [2.05, 4.69) is 11.9 Å². The molecule has 0 atom stereocenters. The number of nitrogens with zero attached hydrogens (tertiary/aromatic N) is 2. The lowest BCUT2D eigenvalue weighted by Gasteiger charge is -2.44. The van der Waals surface area contributed by atoms with Crippen LogP contribution in [-0.4, -0.2) is 60.6 Å². The lowest BCUT2D eigenvalue weighted by Crippen LogP contribution is -2.53. The third kappa shape index (κ3) is 2.33. The van der Waals surface area contributed by atoms with Gasteiger partial charge in [0, 0.05) is 13.1 Å². The van der Waals surface area contributed by atoms with Crippen LogP contribution in [0.1, 0.15) is 32.1 Å².